The average Bonchev–Trinajstić information content (AvgIpc) is 2.46. The van der Waals surface area contributed by atoms with Gasteiger partial charge in [0.25, 0.3) is 0 Å². The van der Waals surface area contributed by atoms with E-state index in [4.69, 9.17) is 21.7 Å². The Morgan fingerprint density at radius 3 is 2.33 bits per heavy atom. The maximum absolute atomic E-state index is 5.59. The van der Waals surface area contributed by atoms with Crippen molar-refractivity contribution in [1.29, 1.82) is 0 Å². The van der Waals surface area contributed by atoms with Crippen molar-refractivity contribution < 1.29 is 9.47 Å². The molecule has 1 N–H and O–H groups in total. The summed E-state index contributed by atoms with van der Waals surface area (Å²) in [5.41, 5.74) is 0.919. The van der Waals surface area contributed by atoms with Crippen LogP contribution in [-0.4, -0.2) is 36.3 Å². The first-order chi connectivity index (χ1) is 10.1. The molecule has 116 valence electrons. The molecule has 2 rings (SSSR count). The zero-order valence-electron chi connectivity index (χ0n) is 13.2. The fraction of sp³-hybridized carbons (Fsp3) is 0.562. The van der Waals surface area contributed by atoms with Crippen molar-refractivity contribution in [3.8, 4) is 11.5 Å². The lowest BCUT2D eigenvalue weighted by Gasteiger charge is -2.40. The number of piperidine rings is 1. The molecule has 1 heterocycles. The number of ether oxygens (including phenoxy) is 2. The van der Waals surface area contributed by atoms with Crippen LogP contribution < -0.4 is 14.8 Å². The SMILES string of the molecule is COc1ccc(NC(=S)N2[C@@H](C)CCC[C@@H]2C)cc1OC. The van der Waals surface area contributed by atoms with Crippen molar-refractivity contribution in [1.82, 2.24) is 4.90 Å². The van der Waals surface area contributed by atoms with Crippen molar-refractivity contribution in [3.05, 3.63) is 18.2 Å². The molecule has 5 heteroatoms. The summed E-state index contributed by atoms with van der Waals surface area (Å²) < 4.78 is 10.6. The second-order valence-electron chi connectivity index (χ2n) is 5.54. The normalized spacial score (nSPS) is 21.8. The molecule has 0 aliphatic carbocycles. The predicted molar refractivity (Wildman–Crippen MR) is 90.4 cm³/mol. The molecular formula is C16H24N2O2S. The van der Waals surface area contributed by atoms with Crippen LogP contribution in [0.4, 0.5) is 5.69 Å². The number of anilines is 1. The molecule has 0 amide bonds. The van der Waals surface area contributed by atoms with E-state index >= 15 is 0 Å². The third-order valence-corrected chi connectivity index (χ3v) is 4.38. The quantitative estimate of drug-likeness (QED) is 0.862. The van der Waals surface area contributed by atoms with Crippen LogP contribution >= 0.6 is 12.2 Å². The lowest BCUT2D eigenvalue weighted by atomic mass is 9.98. The smallest absolute Gasteiger partial charge is 0.173 e. The number of nitrogens with one attached hydrogen (secondary N) is 1. The minimum absolute atomic E-state index is 0.480. The third-order valence-electron chi connectivity index (χ3n) is 4.06. The van der Waals surface area contributed by atoms with Crippen LogP contribution in [0.15, 0.2) is 18.2 Å². The molecule has 0 aromatic heterocycles. The molecular weight excluding hydrogens is 284 g/mol. The van der Waals surface area contributed by atoms with Gasteiger partial charge < -0.3 is 19.7 Å². The van der Waals surface area contributed by atoms with E-state index in [1.54, 1.807) is 14.2 Å². The zero-order valence-corrected chi connectivity index (χ0v) is 14.0. The number of thiocarbonyl (C=S) groups is 1. The number of hydrogen-bond acceptors (Lipinski definition) is 3. The van der Waals surface area contributed by atoms with Gasteiger partial charge in [-0.05, 0) is 57.5 Å². The van der Waals surface area contributed by atoms with Crippen LogP contribution in [0.3, 0.4) is 0 Å². The first-order valence-electron chi connectivity index (χ1n) is 7.38. The standard InChI is InChI=1S/C16H24N2O2S/c1-11-6-5-7-12(2)18(11)16(21)17-13-8-9-14(19-3)15(10-13)20-4/h8-12H,5-7H2,1-4H3,(H,17,21)/t11-,12-/m0/s1. The second kappa shape index (κ2) is 6.98. The van der Waals surface area contributed by atoms with E-state index in [9.17, 15) is 0 Å². The third kappa shape index (κ3) is 3.59. The van der Waals surface area contributed by atoms with E-state index in [2.05, 4.69) is 24.1 Å². The minimum atomic E-state index is 0.480. The van der Waals surface area contributed by atoms with Gasteiger partial charge in [-0.15, -0.1) is 0 Å². The lowest BCUT2D eigenvalue weighted by Crippen LogP contribution is -2.49. The molecule has 0 unspecified atom stereocenters. The fourth-order valence-electron chi connectivity index (χ4n) is 2.92. The largest absolute Gasteiger partial charge is 0.493 e. The molecule has 2 atom stereocenters. The molecule has 1 aromatic rings. The summed E-state index contributed by atoms with van der Waals surface area (Å²) in [6.45, 7) is 4.47. The molecule has 0 saturated carbocycles. The van der Waals surface area contributed by atoms with Crippen molar-refractivity contribution in [3.63, 3.8) is 0 Å². The van der Waals surface area contributed by atoms with E-state index in [-0.39, 0.29) is 0 Å². The van der Waals surface area contributed by atoms with Gasteiger partial charge in [-0.25, -0.2) is 0 Å². The maximum Gasteiger partial charge on any atom is 0.173 e. The summed E-state index contributed by atoms with van der Waals surface area (Å²) in [6, 6.07) is 6.70. The Morgan fingerprint density at radius 1 is 1.14 bits per heavy atom. The highest BCUT2D eigenvalue weighted by molar-refractivity contribution is 7.80. The van der Waals surface area contributed by atoms with Crippen molar-refractivity contribution in [2.45, 2.75) is 45.2 Å². The Hall–Kier alpha value is -1.49. The monoisotopic (exact) mass is 308 g/mol. The molecule has 1 aliphatic heterocycles. The van der Waals surface area contributed by atoms with E-state index in [1.165, 1.54) is 19.3 Å². The van der Waals surface area contributed by atoms with Gasteiger partial charge in [-0.1, -0.05) is 0 Å². The number of rotatable bonds is 3. The molecule has 1 saturated heterocycles. The summed E-state index contributed by atoms with van der Waals surface area (Å²) in [6.07, 6.45) is 3.66. The Morgan fingerprint density at radius 2 is 1.76 bits per heavy atom. The van der Waals surface area contributed by atoms with Gasteiger partial charge >= 0.3 is 0 Å². The van der Waals surface area contributed by atoms with Crippen LogP contribution in [0.1, 0.15) is 33.1 Å². The van der Waals surface area contributed by atoms with Gasteiger partial charge in [0.05, 0.1) is 14.2 Å². The Bertz CT molecular complexity index is 497. The summed E-state index contributed by atoms with van der Waals surface area (Å²) in [5, 5.41) is 4.10. The highest BCUT2D eigenvalue weighted by atomic mass is 32.1. The number of likely N-dealkylation sites (tertiary alicyclic amines) is 1. The van der Waals surface area contributed by atoms with Gasteiger partial charge in [-0.2, -0.15) is 0 Å². The molecule has 1 fully saturated rings. The zero-order chi connectivity index (χ0) is 15.4. The van der Waals surface area contributed by atoms with Gasteiger partial charge in [0.2, 0.25) is 0 Å². The first kappa shape index (κ1) is 15.9. The number of hydrogen-bond donors (Lipinski definition) is 1. The molecule has 0 bridgehead atoms. The Labute approximate surface area is 132 Å². The minimum Gasteiger partial charge on any atom is -0.493 e. The van der Waals surface area contributed by atoms with E-state index < -0.39 is 0 Å². The molecule has 1 aliphatic rings. The Kier molecular flexibility index (Phi) is 5.28. The summed E-state index contributed by atoms with van der Waals surface area (Å²) in [5.74, 6) is 1.42. The van der Waals surface area contributed by atoms with Crippen molar-refractivity contribution in [2.24, 2.45) is 0 Å². The number of methoxy groups -OCH3 is 2. The fourth-order valence-corrected chi connectivity index (χ4v) is 3.40. The van der Waals surface area contributed by atoms with E-state index in [0.717, 1.165) is 10.8 Å². The van der Waals surface area contributed by atoms with Crippen LogP contribution in [0, 0.1) is 0 Å². The highest BCUT2D eigenvalue weighted by Gasteiger charge is 2.26. The van der Waals surface area contributed by atoms with Crippen molar-refractivity contribution >= 4 is 23.0 Å². The first-order valence-corrected chi connectivity index (χ1v) is 7.79. The lowest BCUT2D eigenvalue weighted by molar-refractivity contribution is 0.194. The molecule has 1 aromatic carbocycles. The summed E-state index contributed by atoms with van der Waals surface area (Å²) >= 11 is 5.59. The van der Waals surface area contributed by atoms with E-state index in [1.807, 2.05) is 18.2 Å². The molecule has 21 heavy (non-hydrogen) atoms. The van der Waals surface area contributed by atoms with Crippen LogP contribution in [0.5, 0.6) is 11.5 Å². The van der Waals surface area contributed by atoms with Gasteiger partial charge in [0.15, 0.2) is 16.6 Å². The van der Waals surface area contributed by atoms with Crippen LogP contribution in [0.25, 0.3) is 0 Å². The summed E-state index contributed by atoms with van der Waals surface area (Å²) in [4.78, 5) is 2.30. The number of nitrogens with zero attached hydrogens (tertiary/aromatic N) is 1. The van der Waals surface area contributed by atoms with Crippen LogP contribution in [-0.2, 0) is 0 Å². The van der Waals surface area contributed by atoms with Crippen molar-refractivity contribution in [2.75, 3.05) is 19.5 Å². The Balaban J connectivity index is 2.11. The highest BCUT2D eigenvalue weighted by Crippen LogP contribution is 2.30. The second-order valence-corrected chi connectivity index (χ2v) is 5.92. The molecule has 4 nitrogen and oxygen atoms in total. The van der Waals surface area contributed by atoms with Gasteiger partial charge in [0, 0.05) is 23.8 Å². The molecule has 0 radical (unpaired) electrons. The number of benzene rings is 1. The van der Waals surface area contributed by atoms with E-state index in [0.29, 0.717) is 23.6 Å². The topological polar surface area (TPSA) is 33.7 Å². The molecule has 0 spiro atoms. The predicted octanol–water partition coefficient (Wildman–Crippen LogP) is 3.66. The van der Waals surface area contributed by atoms with Gasteiger partial charge in [0.1, 0.15) is 0 Å². The van der Waals surface area contributed by atoms with Gasteiger partial charge in [-0.3, -0.25) is 0 Å². The summed E-state index contributed by atoms with van der Waals surface area (Å²) in [7, 11) is 3.27. The average molecular weight is 308 g/mol. The maximum atomic E-state index is 5.59. The van der Waals surface area contributed by atoms with Crippen LogP contribution in [0.2, 0.25) is 0 Å².